The van der Waals surface area contributed by atoms with Crippen LogP contribution in [0.4, 0.5) is 5.69 Å². The molecule has 0 aliphatic carbocycles. The predicted molar refractivity (Wildman–Crippen MR) is 107 cm³/mol. The standard InChI is InChI=1S/C22H22N2O6/c25-19(14-18-21(26)23-16-8-4-5-9-17(16)29-18)30-20(15-6-2-1-3-7-15)22(27)24-10-12-28-13-11-24/h1-9,18,20H,10-14H2,(H,23,26)/t18-,20-/m0/s1. The van der Waals surface area contributed by atoms with Crippen molar-refractivity contribution in [2.45, 2.75) is 18.6 Å². The van der Waals surface area contributed by atoms with E-state index < -0.39 is 24.1 Å². The number of benzene rings is 2. The van der Waals surface area contributed by atoms with Gasteiger partial charge in [0.05, 0.1) is 25.3 Å². The van der Waals surface area contributed by atoms with Gasteiger partial charge in [0.2, 0.25) is 6.10 Å². The molecule has 8 heteroatoms. The quantitative estimate of drug-likeness (QED) is 0.757. The van der Waals surface area contributed by atoms with Crippen molar-refractivity contribution in [2.24, 2.45) is 0 Å². The van der Waals surface area contributed by atoms with Crippen LogP contribution in [-0.4, -0.2) is 55.1 Å². The number of nitrogens with one attached hydrogen (secondary N) is 1. The van der Waals surface area contributed by atoms with Crippen LogP contribution in [0.5, 0.6) is 5.75 Å². The second-order valence-electron chi connectivity index (χ2n) is 7.01. The van der Waals surface area contributed by atoms with Crippen molar-refractivity contribution in [3.63, 3.8) is 0 Å². The molecule has 30 heavy (non-hydrogen) atoms. The highest BCUT2D eigenvalue weighted by molar-refractivity contribution is 5.99. The smallest absolute Gasteiger partial charge is 0.311 e. The third-order valence-electron chi connectivity index (χ3n) is 4.96. The Morgan fingerprint density at radius 3 is 2.53 bits per heavy atom. The summed E-state index contributed by atoms with van der Waals surface area (Å²) >= 11 is 0. The Kier molecular flexibility index (Phi) is 5.94. The Bertz CT molecular complexity index is 926. The molecule has 0 unspecified atom stereocenters. The summed E-state index contributed by atoms with van der Waals surface area (Å²) in [6, 6.07) is 15.8. The molecule has 0 bridgehead atoms. The van der Waals surface area contributed by atoms with Crippen molar-refractivity contribution in [3.8, 4) is 5.75 Å². The molecule has 0 radical (unpaired) electrons. The zero-order chi connectivity index (χ0) is 20.9. The number of morpholine rings is 1. The van der Waals surface area contributed by atoms with Crippen molar-refractivity contribution >= 4 is 23.5 Å². The average Bonchev–Trinajstić information content (AvgIpc) is 2.79. The van der Waals surface area contributed by atoms with Crippen LogP contribution < -0.4 is 10.1 Å². The maximum absolute atomic E-state index is 13.0. The molecule has 2 aromatic carbocycles. The molecule has 0 aromatic heterocycles. The fraction of sp³-hybridized carbons (Fsp3) is 0.318. The zero-order valence-corrected chi connectivity index (χ0v) is 16.3. The molecule has 0 saturated carbocycles. The number of esters is 1. The highest BCUT2D eigenvalue weighted by Crippen LogP contribution is 2.30. The fourth-order valence-electron chi connectivity index (χ4n) is 3.40. The molecule has 1 fully saturated rings. The Balaban J connectivity index is 1.46. The number of nitrogens with zero attached hydrogens (tertiary/aromatic N) is 1. The van der Waals surface area contributed by atoms with Crippen LogP contribution in [0.2, 0.25) is 0 Å². The molecule has 2 heterocycles. The lowest BCUT2D eigenvalue weighted by molar-refractivity contribution is -0.164. The predicted octanol–water partition coefficient (Wildman–Crippen LogP) is 1.92. The van der Waals surface area contributed by atoms with Crippen LogP contribution in [0, 0.1) is 0 Å². The molecular weight excluding hydrogens is 388 g/mol. The molecule has 1 saturated heterocycles. The van der Waals surface area contributed by atoms with E-state index in [-0.39, 0.29) is 12.3 Å². The van der Waals surface area contributed by atoms with E-state index in [0.717, 1.165) is 0 Å². The zero-order valence-electron chi connectivity index (χ0n) is 16.3. The summed E-state index contributed by atoms with van der Waals surface area (Å²) in [5.41, 5.74) is 1.12. The average molecular weight is 410 g/mol. The van der Waals surface area contributed by atoms with Crippen molar-refractivity contribution in [2.75, 3.05) is 31.6 Å². The monoisotopic (exact) mass is 410 g/mol. The summed E-state index contributed by atoms with van der Waals surface area (Å²) in [5.74, 6) is -0.942. The molecule has 2 aliphatic rings. The van der Waals surface area contributed by atoms with Crippen LogP contribution in [-0.2, 0) is 23.9 Å². The van der Waals surface area contributed by atoms with Crippen LogP contribution in [0.25, 0.3) is 0 Å². The maximum atomic E-state index is 13.0. The van der Waals surface area contributed by atoms with Crippen molar-refractivity contribution in [1.82, 2.24) is 4.90 Å². The van der Waals surface area contributed by atoms with Crippen LogP contribution in [0.15, 0.2) is 54.6 Å². The SMILES string of the molecule is O=C(C[C@@H]1Oc2ccccc2NC1=O)O[C@H](C(=O)N1CCOCC1)c1ccccc1. The molecule has 2 aromatic rings. The van der Waals surface area contributed by atoms with Crippen molar-refractivity contribution in [1.29, 1.82) is 0 Å². The van der Waals surface area contributed by atoms with Crippen LogP contribution >= 0.6 is 0 Å². The first kappa shape index (κ1) is 19.9. The van der Waals surface area contributed by atoms with E-state index in [9.17, 15) is 14.4 Å². The molecule has 0 spiro atoms. The van der Waals surface area contributed by atoms with Gasteiger partial charge in [0.1, 0.15) is 5.75 Å². The largest absolute Gasteiger partial charge is 0.478 e. The summed E-state index contributed by atoms with van der Waals surface area (Å²) in [6.45, 7) is 1.75. The molecule has 2 aliphatic heterocycles. The number of para-hydroxylation sites is 2. The number of hydrogen-bond donors (Lipinski definition) is 1. The first-order valence-corrected chi connectivity index (χ1v) is 9.79. The number of carbonyl (C=O) groups is 3. The number of fused-ring (bicyclic) bond motifs is 1. The number of rotatable bonds is 5. The molecule has 1 N–H and O–H groups in total. The van der Waals surface area contributed by atoms with E-state index in [0.29, 0.717) is 43.3 Å². The van der Waals surface area contributed by atoms with Crippen molar-refractivity contribution < 1.29 is 28.6 Å². The topological polar surface area (TPSA) is 94.2 Å². The summed E-state index contributed by atoms with van der Waals surface area (Å²) in [4.78, 5) is 39.6. The van der Waals surface area contributed by atoms with E-state index in [1.165, 1.54) is 0 Å². The van der Waals surface area contributed by atoms with Gasteiger partial charge >= 0.3 is 5.97 Å². The van der Waals surface area contributed by atoms with Crippen molar-refractivity contribution in [3.05, 3.63) is 60.2 Å². The highest BCUT2D eigenvalue weighted by Gasteiger charge is 2.34. The lowest BCUT2D eigenvalue weighted by atomic mass is 10.1. The van der Waals surface area contributed by atoms with Gasteiger partial charge in [-0.25, -0.2) is 0 Å². The Morgan fingerprint density at radius 2 is 1.77 bits per heavy atom. The number of anilines is 1. The number of amides is 2. The van der Waals surface area contributed by atoms with Gasteiger partial charge in [-0.15, -0.1) is 0 Å². The highest BCUT2D eigenvalue weighted by atomic mass is 16.6. The number of hydrogen-bond acceptors (Lipinski definition) is 6. The van der Waals surface area contributed by atoms with E-state index in [1.807, 2.05) is 6.07 Å². The van der Waals surface area contributed by atoms with Gasteiger partial charge in [-0.3, -0.25) is 14.4 Å². The molecule has 8 nitrogen and oxygen atoms in total. The number of carbonyl (C=O) groups excluding carboxylic acids is 3. The van der Waals surface area contributed by atoms with Gasteiger partial charge in [-0.05, 0) is 12.1 Å². The molecule has 2 amide bonds. The van der Waals surface area contributed by atoms with E-state index in [4.69, 9.17) is 14.2 Å². The molecule has 4 rings (SSSR count). The Hall–Kier alpha value is -3.39. The second-order valence-corrected chi connectivity index (χ2v) is 7.01. The molecule has 156 valence electrons. The summed E-state index contributed by atoms with van der Waals surface area (Å²) in [7, 11) is 0. The third kappa shape index (κ3) is 4.44. The fourth-order valence-corrected chi connectivity index (χ4v) is 3.40. The van der Waals surface area contributed by atoms with Gasteiger partial charge < -0.3 is 24.4 Å². The minimum Gasteiger partial charge on any atom is -0.478 e. The lowest BCUT2D eigenvalue weighted by Gasteiger charge is -2.30. The lowest BCUT2D eigenvalue weighted by Crippen LogP contribution is -2.44. The van der Waals surface area contributed by atoms with Gasteiger partial charge in [-0.1, -0.05) is 42.5 Å². The first-order valence-electron chi connectivity index (χ1n) is 9.79. The minimum atomic E-state index is -1.09. The molecular formula is C22H22N2O6. The van der Waals surface area contributed by atoms with Gasteiger partial charge in [-0.2, -0.15) is 0 Å². The van der Waals surface area contributed by atoms with E-state index in [2.05, 4.69) is 5.32 Å². The normalized spacial score (nSPS) is 19.1. The second kappa shape index (κ2) is 8.96. The van der Waals surface area contributed by atoms with Crippen LogP contribution in [0.3, 0.4) is 0 Å². The first-order chi connectivity index (χ1) is 14.6. The summed E-state index contributed by atoms with van der Waals surface area (Å²) < 4.78 is 16.5. The Morgan fingerprint density at radius 1 is 1.07 bits per heavy atom. The Labute approximate surface area is 173 Å². The van der Waals surface area contributed by atoms with Gasteiger partial charge in [0, 0.05) is 18.7 Å². The molecule has 2 atom stereocenters. The van der Waals surface area contributed by atoms with E-state index in [1.54, 1.807) is 53.4 Å². The van der Waals surface area contributed by atoms with E-state index >= 15 is 0 Å². The maximum Gasteiger partial charge on any atom is 0.311 e. The number of ether oxygens (including phenoxy) is 3. The van der Waals surface area contributed by atoms with Crippen LogP contribution in [0.1, 0.15) is 18.1 Å². The summed E-state index contributed by atoms with van der Waals surface area (Å²) in [5, 5.41) is 2.71. The third-order valence-corrected chi connectivity index (χ3v) is 4.96. The minimum absolute atomic E-state index is 0.306. The van der Waals surface area contributed by atoms with Gasteiger partial charge in [0.25, 0.3) is 11.8 Å². The summed E-state index contributed by atoms with van der Waals surface area (Å²) in [6.07, 6.45) is -2.42. The van der Waals surface area contributed by atoms with Gasteiger partial charge in [0.15, 0.2) is 6.10 Å².